The molecule has 0 unspecified atom stereocenters. The van der Waals surface area contributed by atoms with Crippen LogP contribution in [-0.2, 0) is 9.63 Å². The topological polar surface area (TPSA) is 104 Å². The third kappa shape index (κ3) is 2.00. The molecule has 5 heteroatoms. The molecule has 0 aliphatic carbocycles. The lowest BCUT2D eigenvalue weighted by molar-refractivity contribution is -0.139. The summed E-state index contributed by atoms with van der Waals surface area (Å²) in [6, 6.07) is 0. The Labute approximate surface area is 52.4 Å². The Morgan fingerprint density at radius 2 is 1.89 bits per heavy atom. The molecule has 0 heterocycles. The first kappa shape index (κ1) is 7.77. The Balaban J connectivity index is 4.21. The van der Waals surface area contributed by atoms with Gasteiger partial charge in [0.15, 0.2) is 0 Å². The summed E-state index contributed by atoms with van der Waals surface area (Å²) in [5.41, 5.74) is 10.2. The van der Waals surface area contributed by atoms with Crippen LogP contribution in [0.25, 0.3) is 0 Å². The SMILES string of the molecule is C/C(N)=C(/N)C(=O)ON. The van der Waals surface area contributed by atoms with E-state index in [0.717, 1.165) is 0 Å². The zero-order chi connectivity index (χ0) is 7.44. The average Bonchev–Trinajstić information content (AvgIpc) is 1.84. The van der Waals surface area contributed by atoms with Crippen LogP contribution in [0.1, 0.15) is 6.92 Å². The molecule has 0 radical (unpaired) electrons. The van der Waals surface area contributed by atoms with Gasteiger partial charge in [-0.15, -0.1) is 0 Å². The van der Waals surface area contributed by atoms with Crippen molar-refractivity contribution in [1.82, 2.24) is 0 Å². The van der Waals surface area contributed by atoms with Gasteiger partial charge in [0, 0.05) is 5.70 Å². The van der Waals surface area contributed by atoms with Crippen molar-refractivity contribution in [2.75, 3.05) is 0 Å². The maximum atomic E-state index is 10.3. The second-order valence-corrected chi connectivity index (χ2v) is 1.50. The summed E-state index contributed by atoms with van der Waals surface area (Å²) in [7, 11) is 0. The van der Waals surface area contributed by atoms with Gasteiger partial charge >= 0.3 is 5.97 Å². The molecule has 0 amide bonds. The van der Waals surface area contributed by atoms with Crippen LogP contribution in [0.15, 0.2) is 11.4 Å². The minimum absolute atomic E-state index is 0.155. The molecule has 6 N–H and O–H groups in total. The van der Waals surface area contributed by atoms with Crippen LogP contribution in [0.5, 0.6) is 0 Å². The number of hydrogen-bond donors (Lipinski definition) is 3. The maximum Gasteiger partial charge on any atom is 0.374 e. The van der Waals surface area contributed by atoms with Crippen LogP contribution in [-0.4, -0.2) is 5.97 Å². The minimum Gasteiger partial charge on any atom is -0.400 e. The molecule has 0 aromatic carbocycles. The van der Waals surface area contributed by atoms with E-state index in [0.29, 0.717) is 0 Å². The van der Waals surface area contributed by atoms with Gasteiger partial charge in [0.1, 0.15) is 5.70 Å². The third-order valence-corrected chi connectivity index (χ3v) is 0.752. The first-order valence-corrected chi connectivity index (χ1v) is 2.22. The molecule has 52 valence electrons. The highest BCUT2D eigenvalue weighted by molar-refractivity contribution is 5.87. The van der Waals surface area contributed by atoms with Crippen molar-refractivity contribution in [1.29, 1.82) is 0 Å². The summed E-state index contributed by atoms with van der Waals surface area (Å²) < 4.78 is 0. The van der Waals surface area contributed by atoms with E-state index in [1.807, 2.05) is 0 Å². The van der Waals surface area contributed by atoms with Crippen molar-refractivity contribution in [2.24, 2.45) is 17.4 Å². The van der Waals surface area contributed by atoms with Crippen LogP contribution in [0, 0.1) is 0 Å². The number of nitrogens with two attached hydrogens (primary N) is 3. The van der Waals surface area contributed by atoms with Crippen molar-refractivity contribution in [2.45, 2.75) is 6.92 Å². The quantitative estimate of drug-likeness (QED) is 0.298. The summed E-state index contributed by atoms with van der Waals surface area (Å²) >= 11 is 0. The number of carbonyl (C=O) groups is 1. The lowest BCUT2D eigenvalue weighted by Crippen LogP contribution is -2.21. The summed E-state index contributed by atoms with van der Waals surface area (Å²) in [6.07, 6.45) is 0. The van der Waals surface area contributed by atoms with Gasteiger partial charge in [-0.1, -0.05) is 0 Å². The predicted octanol–water partition coefficient (Wildman–Crippen LogP) is -1.45. The van der Waals surface area contributed by atoms with Crippen molar-refractivity contribution in [3.05, 3.63) is 11.4 Å². The van der Waals surface area contributed by atoms with Gasteiger partial charge in [-0.05, 0) is 6.92 Å². The fourth-order valence-corrected chi connectivity index (χ4v) is 0.224. The highest BCUT2D eigenvalue weighted by Crippen LogP contribution is 1.89. The summed E-state index contributed by atoms with van der Waals surface area (Å²) in [4.78, 5) is 14.1. The van der Waals surface area contributed by atoms with E-state index in [2.05, 4.69) is 10.7 Å². The monoisotopic (exact) mass is 131 g/mol. The number of allylic oxidation sites excluding steroid dienone is 1. The molecule has 0 rings (SSSR count). The fraction of sp³-hybridized carbons (Fsp3) is 0.250. The van der Waals surface area contributed by atoms with E-state index in [4.69, 9.17) is 11.5 Å². The fourth-order valence-electron chi connectivity index (χ4n) is 0.224. The largest absolute Gasteiger partial charge is 0.400 e. The first-order chi connectivity index (χ1) is 4.09. The highest BCUT2D eigenvalue weighted by atomic mass is 16.7. The van der Waals surface area contributed by atoms with E-state index in [-0.39, 0.29) is 11.4 Å². The molecule has 0 fully saturated rings. The lowest BCUT2D eigenvalue weighted by atomic mass is 10.4. The Morgan fingerprint density at radius 1 is 1.44 bits per heavy atom. The van der Waals surface area contributed by atoms with Crippen LogP contribution in [0.3, 0.4) is 0 Å². The van der Waals surface area contributed by atoms with Gasteiger partial charge in [-0.3, -0.25) is 0 Å². The van der Waals surface area contributed by atoms with Gasteiger partial charge < -0.3 is 16.3 Å². The molecular formula is C4H9N3O2. The van der Waals surface area contributed by atoms with Gasteiger partial charge in [0.25, 0.3) is 0 Å². The van der Waals surface area contributed by atoms with Gasteiger partial charge in [-0.25, -0.2) is 4.79 Å². The third-order valence-electron chi connectivity index (χ3n) is 0.752. The zero-order valence-corrected chi connectivity index (χ0v) is 5.05. The predicted molar refractivity (Wildman–Crippen MR) is 31.4 cm³/mol. The normalized spacial score (nSPS) is 12.2. The van der Waals surface area contributed by atoms with Gasteiger partial charge in [-0.2, -0.15) is 5.90 Å². The standard InChI is InChI=1S/C4H9N3O2/c1-2(5)3(6)4(8)9-7/h5-7H2,1H3/b3-2-. The second kappa shape index (κ2) is 2.93. The highest BCUT2D eigenvalue weighted by Gasteiger charge is 2.05. The molecule has 0 aromatic heterocycles. The lowest BCUT2D eigenvalue weighted by Gasteiger charge is -1.97. The Morgan fingerprint density at radius 3 is 2.00 bits per heavy atom. The molecule has 0 saturated carbocycles. The summed E-state index contributed by atoms with van der Waals surface area (Å²) in [5.74, 6) is 3.68. The Kier molecular flexibility index (Phi) is 2.53. The van der Waals surface area contributed by atoms with Gasteiger partial charge in [0.2, 0.25) is 0 Å². The second-order valence-electron chi connectivity index (χ2n) is 1.50. The van der Waals surface area contributed by atoms with Crippen LogP contribution in [0.2, 0.25) is 0 Å². The molecule has 0 spiro atoms. The number of hydrogen-bond acceptors (Lipinski definition) is 5. The molecule has 9 heavy (non-hydrogen) atoms. The smallest absolute Gasteiger partial charge is 0.374 e. The Hall–Kier alpha value is -1.23. The summed E-state index contributed by atoms with van der Waals surface area (Å²) in [6.45, 7) is 1.48. The Bertz CT molecular complexity index is 148. The first-order valence-electron chi connectivity index (χ1n) is 2.22. The van der Waals surface area contributed by atoms with Crippen molar-refractivity contribution < 1.29 is 9.63 Å². The molecule has 0 atom stereocenters. The average molecular weight is 131 g/mol. The summed E-state index contributed by atoms with van der Waals surface area (Å²) in [5, 5.41) is 0. The number of carbonyl (C=O) groups excluding carboxylic acids is 1. The van der Waals surface area contributed by atoms with E-state index in [1.54, 1.807) is 0 Å². The zero-order valence-electron chi connectivity index (χ0n) is 5.05. The molecule has 0 aliphatic rings. The molecule has 0 saturated heterocycles. The molecule has 0 aliphatic heterocycles. The number of rotatable bonds is 1. The van der Waals surface area contributed by atoms with E-state index >= 15 is 0 Å². The molecule has 0 bridgehead atoms. The van der Waals surface area contributed by atoms with Crippen molar-refractivity contribution in [3.8, 4) is 0 Å². The van der Waals surface area contributed by atoms with Crippen LogP contribution >= 0.6 is 0 Å². The van der Waals surface area contributed by atoms with Crippen molar-refractivity contribution in [3.63, 3.8) is 0 Å². The van der Waals surface area contributed by atoms with E-state index in [1.165, 1.54) is 6.92 Å². The molecule has 5 nitrogen and oxygen atoms in total. The van der Waals surface area contributed by atoms with Crippen LogP contribution in [0.4, 0.5) is 0 Å². The molecular weight excluding hydrogens is 122 g/mol. The molecule has 0 aromatic rings. The van der Waals surface area contributed by atoms with E-state index < -0.39 is 5.97 Å². The van der Waals surface area contributed by atoms with Crippen molar-refractivity contribution >= 4 is 5.97 Å². The van der Waals surface area contributed by atoms with Crippen LogP contribution < -0.4 is 17.4 Å². The maximum absolute atomic E-state index is 10.3. The van der Waals surface area contributed by atoms with Gasteiger partial charge in [0.05, 0.1) is 0 Å². The van der Waals surface area contributed by atoms with E-state index in [9.17, 15) is 4.79 Å². The minimum atomic E-state index is -0.810.